The lowest BCUT2D eigenvalue weighted by molar-refractivity contribution is -0.0992. The highest BCUT2D eigenvalue weighted by Crippen LogP contribution is 2.37. The van der Waals surface area contributed by atoms with Gasteiger partial charge in [-0.2, -0.15) is 4.98 Å². The van der Waals surface area contributed by atoms with Crippen LogP contribution in [0.25, 0.3) is 4.85 Å². The normalized spacial score (nSPS) is 30.2. The minimum absolute atomic E-state index is 0.0369. The van der Waals surface area contributed by atoms with E-state index in [9.17, 15) is 15.0 Å². The Balaban J connectivity index is 2.39. The van der Waals surface area contributed by atoms with E-state index in [0.29, 0.717) is 0 Å². The Hall–Kier alpha value is -1.66. The summed E-state index contributed by atoms with van der Waals surface area (Å²) in [5.41, 5.74) is 2.91. The van der Waals surface area contributed by atoms with E-state index in [1.54, 1.807) is 0 Å². The highest BCUT2D eigenvalue weighted by atomic mass is 35.5. The molecule has 2 heterocycles. The predicted octanol–water partition coefficient (Wildman–Crippen LogP) is -0.633. The molecule has 0 amide bonds. The first-order valence-corrected chi connectivity index (χ1v) is 5.71. The molecule has 19 heavy (non-hydrogen) atoms. The summed E-state index contributed by atoms with van der Waals surface area (Å²) in [5, 5.41) is 19.0. The molecule has 4 N–H and O–H groups in total. The summed E-state index contributed by atoms with van der Waals surface area (Å²) in [5.74, 6) is -0.111. The van der Waals surface area contributed by atoms with Crippen molar-refractivity contribution in [2.45, 2.75) is 24.5 Å². The van der Waals surface area contributed by atoms with E-state index < -0.39 is 30.4 Å². The van der Waals surface area contributed by atoms with Crippen molar-refractivity contribution in [1.82, 2.24) is 9.55 Å². The summed E-state index contributed by atoms with van der Waals surface area (Å²) in [6.07, 6.45) is -0.969. The van der Waals surface area contributed by atoms with E-state index in [0.717, 1.165) is 4.57 Å². The number of hydrogen-bond acceptors (Lipinski definition) is 6. The smallest absolute Gasteiger partial charge is 0.385 e. The van der Waals surface area contributed by atoms with Gasteiger partial charge in [0.15, 0.2) is 12.7 Å². The van der Waals surface area contributed by atoms with Gasteiger partial charge in [0.2, 0.25) is 0 Å². The summed E-state index contributed by atoms with van der Waals surface area (Å²) >= 11 is 5.76. The van der Waals surface area contributed by atoms with E-state index in [1.165, 1.54) is 6.20 Å². The third kappa shape index (κ3) is 2.17. The molecule has 1 saturated heterocycles. The molecule has 2 rings (SSSR count). The lowest BCUT2D eigenvalue weighted by atomic mass is 10.1. The van der Waals surface area contributed by atoms with Crippen LogP contribution in [0.4, 0.5) is 5.82 Å². The number of hydrogen-bond donors (Lipinski definition) is 3. The topological polar surface area (TPSA) is 115 Å². The van der Waals surface area contributed by atoms with Crippen molar-refractivity contribution in [2.24, 2.45) is 0 Å². The van der Waals surface area contributed by atoms with Crippen molar-refractivity contribution in [2.75, 3.05) is 12.3 Å². The molecule has 9 heteroatoms. The zero-order valence-electron chi connectivity index (χ0n) is 9.65. The maximum absolute atomic E-state index is 11.7. The summed E-state index contributed by atoms with van der Waals surface area (Å²) in [6.45, 7) is 6.31. The monoisotopic (exact) mass is 286 g/mol. The van der Waals surface area contributed by atoms with Crippen LogP contribution < -0.4 is 11.4 Å². The zero-order chi connectivity index (χ0) is 14.2. The van der Waals surface area contributed by atoms with Gasteiger partial charge < -0.3 is 15.9 Å². The molecule has 1 aromatic heterocycles. The number of nitrogens with two attached hydrogens (primary N) is 1. The van der Waals surface area contributed by atoms with Gasteiger partial charge in [-0.1, -0.05) is 11.6 Å². The van der Waals surface area contributed by atoms with Gasteiger partial charge in [-0.3, -0.25) is 14.1 Å². The molecule has 3 atom stereocenters. The van der Waals surface area contributed by atoms with Crippen LogP contribution in [-0.4, -0.2) is 38.2 Å². The molecule has 1 aliphatic heterocycles. The van der Waals surface area contributed by atoms with E-state index in [2.05, 4.69) is 9.83 Å². The molecule has 0 aliphatic carbocycles. The van der Waals surface area contributed by atoms with Gasteiger partial charge >= 0.3 is 11.4 Å². The third-order valence-electron chi connectivity index (χ3n) is 2.95. The van der Waals surface area contributed by atoms with E-state index >= 15 is 0 Å². The van der Waals surface area contributed by atoms with E-state index in [-0.39, 0.29) is 17.3 Å². The molecule has 0 radical (unpaired) electrons. The Morgan fingerprint density at radius 1 is 1.79 bits per heavy atom. The maximum atomic E-state index is 11.7. The Kier molecular flexibility index (Phi) is 3.47. The van der Waals surface area contributed by atoms with Crippen LogP contribution in [0.2, 0.25) is 5.02 Å². The molecule has 0 spiro atoms. The van der Waals surface area contributed by atoms with Crippen molar-refractivity contribution < 1.29 is 14.9 Å². The fourth-order valence-corrected chi connectivity index (χ4v) is 2.00. The largest absolute Gasteiger partial charge is 0.387 e. The Bertz CT molecular complexity index is 598. The van der Waals surface area contributed by atoms with Crippen LogP contribution in [0.3, 0.4) is 0 Å². The Labute approximate surface area is 112 Å². The van der Waals surface area contributed by atoms with Crippen molar-refractivity contribution in [3.8, 4) is 0 Å². The highest BCUT2D eigenvalue weighted by molar-refractivity contribution is 6.32. The van der Waals surface area contributed by atoms with Crippen LogP contribution in [0.15, 0.2) is 11.0 Å². The van der Waals surface area contributed by atoms with Crippen LogP contribution in [0, 0.1) is 6.57 Å². The first kappa shape index (κ1) is 13.8. The standard InChI is InChI=1S/C10H11ClN4O4/c1-13-10(4-16)6(17)2-7(19-10)15-3-5(11)8(12)14-9(15)18/h3,6-7,16-17H,2,4H2,(H2,12,14,18)/t6-,7+,10+/m0/s1. The average molecular weight is 287 g/mol. The lowest BCUT2D eigenvalue weighted by Crippen LogP contribution is -2.39. The molecule has 1 aromatic rings. The molecule has 8 nitrogen and oxygen atoms in total. The highest BCUT2D eigenvalue weighted by Gasteiger charge is 2.55. The van der Waals surface area contributed by atoms with Gasteiger partial charge in [-0.15, -0.1) is 0 Å². The number of nitrogens with zero attached hydrogens (tertiary/aromatic N) is 3. The second-order valence-electron chi connectivity index (χ2n) is 4.10. The number of rotatable bonds is 2. The number of aromatic nitrogens is 2. The number of nitrogen functional groups attached to an aromatic ring is 1. The zero-order valence-corrected chi connectivity index (χ0v) is 10.4. The van der Waals surface area contributed by atoms with Crippen molar-refractivity contribution in [3.05, 3.63) is 33.1 Å². The fourth-order valence-electron chi connectivity index (χ4n) is 1.85. The van der Waals surface area contributed by atoms with Crippen LogP contribution in [-0.2, 0) is 4.74 Å². The van der Waals surface area contributed by atoms with Crippen molar-refractivity contribution >= 4 is 17.4 Å². The average Bonchev–Trinajstić information content (AvgIpc) is 2.71. The summed E-state index contributed by atoms with van der Waals surface area (Å²) in [4.78, 5) is 18.3. The second-order valence-corrected chi connectivity index (χ2v) is 4.51. The molecule has 1 aliphatic rings. The van der Waals surface area contributed by atoms with Crippen molar-refractivity contribution in [3.63, 3.8) is 0 Å². The van der Waals surface area contributed by atoms with E-state index in [1.807, 2.05) is 0 Å². The lowest BCUT2D eigenvalue weighted by Gasteiger charge is -2.17. The molecular weight excluding hydrogens is 276 g/mol. The summed E-state index contributed by atoms with van der Waals surface area (Å²) in [6, 6.07) is 0. The quantitative estimate of drug-likeness (QED) is 0.623. The van der Waals surface area contributed by atoms with Gasteiger partial charge in [0.25, 0.3) is 0 Å². The summed E-state index contributed by atoms with van der Waals surface area (Å²) in [7, 11) is 0. The molecule has 0 unspecified atom stereocenters. The van der Waals surface area contributed by atoms with Gasteiger partial charge in [0, 0.05) is 12.6 Å². The molecule has 1 fully saturated rings. The summed E-state index contributed by atoms with van der Waals surface area (Å²) < 4.78 is 6.32. The maximum Gasteiger partial charge on any atom is 0.387 e. The first-order chi connectivity index (χ1) is 8.93. The third-order valence-corrected chi connectivity index (χ3v) is 3.24. The van der Waals surface area contributed by atoms with Crippen LogP contribution in [0.1, 0.15) is 12.6 Å². The van der Waals surface area contributed by atoms with E-state index in [4.69, 9.17) is 28.6 Å². The van der Waals surface area contributed by atoms with Gasteiger partial charge in [0.1, 0.15) is 12.0 Å². The second kappa shape index (κ2) is 4.79. The first-order valence-electron chi connectivity index (χ1n) is 5.33. The molecule has 0 bridgehead atoms. The molecule has 102 valence electrons. The number of ether oxygens (including phenoxy) is 1. The number of halogens is 1. The van der Waals surface area contributed by atoms with Gasteiger partial charge in [-0.25, -0.2) is 11.4 Å². The molecule has 0 aromatic carbocycles. The van der Waals surface area contributed by atoms with Gasteiger partial charge in [-0.05, 0) is 0 Å². The number of anilines is 1. The Morgan fingerprint density at radius 3 is 3.00 bits per heavy atom. The molecule has 0 saturated carbocycles. The van der Waals surface area contributed by atoms with Crippen LogP contribution in [0.5, 0.6) is 0 Å². The van der Waals surface area contributed by atoms with Gasteiger partial charge in [0.05, 0.1) is 5.02 Å². The number of aliphatic hydroxyl groups is 2. The minimum Gasteiger partial charge on any atom is -0.385 e. The van der Waals surface area contributed by atoms with Crippen molar-refractivity contribution in [1.29, 1.82) is 0 Å². The SMILES string of the molecule is [C-]#[N+][C@]1(CO)O[C@@H](n2cc(Cl)c(N)nc2=O)C[C@@H]1O. The molecular formula is C10H11ClN4O4. The minimum atomic E-state index is -1.77. The van der Waals surface area contributed by atoms with Crippen LogP contribution >= 0.6 is 11.6 Å². The Morgan fingerprint density at radius 2 is 2.47 bits per heavy atom. The number of aliphatic hydroxyl groups excluding tert-OH is 2. The predicted molar refractivity (Wildman–Crippen MR) is 65.1 cm³/mol. The fraction of sp³-hybridized carbons (Fsp3) is 0.500.